The van der Waals surface area contributed by atoms with Gasteiger partial charge < -0.3 is 5.73 Å². The van der Waals surface area contributed by atoms with Crippen molar-refractivity contribution >= 4 is 29.4 Å². The van der Waals surface area contributed by atoms with Gasteiger partial charge in [-0.3, -0.25) is 14.2 Å². The van der Waals surface area contributed by atoms with Crippen molar-refractivity contribution in [3.8, 4) is 0 Å². The smallest absolute Gasteiger partial charge is 0.164 e. The van der Waals surface area contributed by atoms with Crippen LogP contribution in [0.4, 0.5) is 4.39 Å². The van der Waals surface area contributed by atoms with Crippen LogP contribution in [-0.4, -0.2) is 15.6 Å². The van der Waals surface area contributed by atoms with E-state index in [9.17, 15) is 9.18 Å². The Morgan fingerprint density at radius 3 is 2.62 bits per heavy atom. The Labute approximate surface area is 100 Å². The molecule has 7 heteroatoms. The van der Waals surface area contributed by atoms with Crippen molar-refractivity contribution in [2.24, 2.45) is 5.73 Å². The summed E-state index contributed by atoms with van der Waals surface area (Å²) in [5, 5.41) is 0.458. The third-order valence-electron chi connectivity index (χ3n) is 1.57. The minimum absolute atomic E-state index is 0.335. The summed E-state index contributed by atoms with van der Waals surface area (Å²) in [4.78, 5) is 14.0. The van der Waals surface area contributed by atoms with E-state index in [0.29, 0.717) is 16.6 Å². The fraction of sp³-hybridized carbons (Fsp3) is 0.111. The van der Waals surface area contributed by atoms with Gasteiger partial charge in [-0.1, -0.05) is 23.1 Å². The zero-order valence-electron chi connectivity index (χ0n) is 8.11. The number of nitrogens with two attached hydrogens (primary N) is 1. The number of hydrogen-bond donors (Lipinski definition) is 2. The molecule has 0 spiro atoms. The van der Waals surface area contributed by atoms with Gasteiger partial charge in [0.15, 0.2) is 6.29 Å². The SMILES string of the molecule is NCc1cncc(F)c1.O=Cc1s[nH]c1Cl. The van der Waals surface area contributed by atoms with Crippen LogP contribution in [0.2, 0.25) is 5.15 Å². The number of hydrogen-bond acceptors (Lipinski definition) is 4. The van der Waals surface area contributed by atoms with E-state index < -0.39 is 0 Å². The van der Waals surface area contributed by atoms with Crippen molar-refractivity contribution in [2.45, 2.75) is 6.54 Å². The van der Waals surface area contributed by atoms with E-state index in [1.165, 1.54) is 17.6 Å². The molecular formula is C9H9ClFN3OS. The van der Waals surface area contributed by atoms with E-state index in [1.807, 2.05) is 0 Å². The standard InChI is InChI=1S/C6H7FN2.C3H2ClNOS/c7-6-1-5(2-8)3-9-4-6;4-3-2(1-6)7-5-3/h1,3-4H,2,8H2;1,5H. The molecule has 0 aromatic carbocycles. The number of carbonyl (C=O) groups is 1. The molecule has 0 aliphatic carbocycles. The fourth-order valence-corrected chi connectivity index (χ4v) is 1.41. The van der Waals surface area contributed by atoms with E-state index in [2.05, 4.69) is 9.36 Å². The van der Waals surface area contributed by atoms with Crippen molar-refractivity contribution in [2.75, 3.05) is 0 Å². The molecule has 2 aromatic heterocycles. The van der Waals surface area contributed by atoms with Gasteiger partial charge in [0.2, 0.25) is 0 Å². The van der Waals surface area contributed by atoms with Crippen LogP contribution in [-0.2, 0) is 6.54 Å². The first-order chi connectivity index (χ1) is 7.67. The second-order valence-electron chi connectivity index (χ2n) is 2.72. The number of H-pyrrole nitrogens is 1. The molecule has 0 fully saturated rings. The van der Waals surface area contributed by atoms with Crippen LogP contribution in [0.1, 0.15) is 15.2 Å². The van der Waals surface area contributed by atoms with Crippen LogP contribution in [0.15, 0.2) is 18.5 Å². The maximum atomic E-state index is 12.2. The second-order valence-corrected chi connectivity index (χ2v) is 3.94. The Hall–Kier alpha value is -1.24. The van der Waals surface area contributed by atoms with Gasteiger partial charge in [0.05, 0.1) is 6.20 Å². The molecule has 0 aliphatic rings. The van der Waals surface area contributed by atoms with Crippen LogP contribution in [0.25, 0.3) is 0 Å². The lowest BCUT2D eigenvalue weighted by Crippen LogP contribution is -1.96. The van der Waals surface area contributed by atoms with Crippen LogP contribution >= 0.6 is 23.1 Å². The zero-order valence-corrected chi connectivity index (χ0v) is 9.69. The zero-order chi connectivity index (χ0) is 12.0. The highest BCUT2D eigenvalue weighted by Gasteiger charge is 2.00. The number of nitrogens with one attached hydrogen (secondary N) is 1. The van der Waals surface area contributed by atoms with Crippen molar-refractivity contribution in [1.82, 2.24) is 9.36 Å². The highest BCUT2D eigenvalue weighted by molar-refractivity contribution is 7.10. The molecule has 2 aromatic rings. The van der Waals surface area contributed by atoms with E-state index in [1.54, 1.807) is 6.20 Å². The number of aromatic amines is 1. The minimum Gasteiger partial charge on any atom is -0.326 e. The molecule has 0 bridgehead atoms. The summed E-state index contributed by atoms with van der Waals surface area (Å²) in [6.45, 7) is 0.338. The predicted molar refractivity (Wildman–Crippen MR) is 61.2 cm³/mol. The van der Waals surface area contributed by atoms with Crippen molar-refractivity contribution in [3.63, 3.8) is 0 Å². The first-order valence-corrected chi connectivity index (χ1v) is 5.44. The van der Waals surface area contributed by atoms with Gasteiger partial charge in [0, 0.05) is 12.7 Å². The third-order valence-corrected chi connectivity index (χ3v) is 2.92. The molecule has 0 aliphatic heterocycles. The molecule has 4 nitrogen and oxygen atoms in total. The Morgan fingerprint density at radius 1 is 1.62 bits per heavy atom. The highest BCUT2D eigenvalue weighted by atomic mass is 35.5. The topological polar surface area (TPSA) is 71.8 Å². The van der Waals surface area contributed by atoms with Gasteiger partial charge in [-0.05, 0) is 11.6 Å². The number of rotatable bonds is 2. The summed E-state index contributed by atoms with van der Waals surface area (Å²) in [5.74, 6) is -0.335. The predicted octanol–water partition coefficient (Wildman–Crippen LogP) is 2.22. The molecule has 3 N–H and O–H groups in total. The Bertz CT molecular complexity index is 457. The molecule has 0 saturated carbocycles. The summed E-state index contributed by atoms with van der Waals surface area (Å²) in [6, 6.07) is 1.37. The first kappa shape index (κ1) is 12.8. The number of carbonyl (C=O) groups excluding carboxylic acids is 1. The first-order valence-electron chi connectivity index (χ1n) is 4.24. The molecule has 0 amide bonds. The maximum Gasteiger partial charge on any atom is 0.164 e. The number of halogens is 2. The largest absolute Gasteiger partial charge is 0.326 e. The summed E-state index contributed by atoms with van der Waals surface area (Å²) < 4.78 is 14.9. The monoisotopic (exact) mass is 261 g/mol. The van der Waals surface area contributed by atoms with Crippen LogP contribution in [0.5, 0.6) is 0 Å². The lowest BCUT2D eigenvalue weighted by Gasteiger charge is -1.94. The summed E-state index contributed by atoms with van der Waals surface area (Å²) in [7, 11) is 0. The van der Waals surface area contributed by atoms with Gasteiger partial charge in [0.25, 0.3) is 0 Å². The quantitative estimate of drug-likeness (QED) is 0.815. The second kappa shape index (κ2) is 6.37. The van der Waals surface area contributed by atoms with Gasteiger partial charge in [-0.2, -0.15) is 0 Å². The van der Waals surface area contributed by atoms with Crippen LogP contribution in [0, 0.1) is 5.82 Å². The van der Waals surface area contributed by atoms with Crippen molar-refractivity contribution < 1.29 is 9.18 Å². The molecule has 16 heavy (non-hydrogen) atoms. The van der Waals surface area contributed by atoms with Crippen LogP contribution in [0.3, 0.4) is 0 Å². The molecule has 0 radical (unpaired) electrons. The highest BCUT2D eigenvalue weighted by Crippen LogP contribution is 2.17. The molecule has 0 unspecified atom stereocenters. The number of nitrogens with zero attached hydrogens (tertiary/aromatic N) is 1. The van der Waals surface area contributed by atoms with E-state index in [0.717, 1.165) is 18.0 Å². The minimum atomic E-state index is -0.335. The lowest BCUT2D eigenvalue weighted by atomic mass is 10.3. The van der Waals surface area contributed by atoms with Crippen molar-refractivity contribution in [3.05, 3.63) is 39.9 Å². The van der Waals surface area contributed by atoms with E-state index in [-0.39, 0.29) is 5.82 Å². The molecular weight excluding hydrogens is 253 g/mol. The number of aldehydes is 1. The number of aromatic nitrogens is 2. The Morgan fingerprint density at radius 2 is 2.38 bits per heavy atom. The normalized spacial score (nSPS) is 9.44. The van der Waals surface area contributed by atoms with E-state index >= 15 is 0 Å². The summed E-state index contributed by atoms with van der Waals surface area (Å²) >= 11 is 6.57. The van der Waals surface area contributed by atoms with Gasteiger partial charge in [0.1, 0.15) is 15.8 Å². The van der Waals surface area contributed by atoms with E-state index in [4.69, 9.17) is 17.3 Å². The molecule has 86 valence electrons. The molecule has 0 saturated heterocycles. The van der Waals surface area contributed by atoms with Gasteiger partial charge in [-0.15, -0.1) is 0 Å². The lowest BCUT2D eigenvalue weighted by molar-refractivity contribution is 0.112. The molecule has 0 atom stereocenters. The van der Waals surface area contributed by atoms with Crippen LogP contribution < -0.4 is 5.73 Å². The average molecular weight is 262 g/mol. The van der Waals surface area contributed by atoms with Gasteiger partial charge >= 0.3 is 0 Å². The molecule has 2 rings (SSSR count). The third kappa shape index (κ3) is 3.73. The van der Waals surface area contributed by atoms with Crippen molar-refractivity contribution in [1.29, 1.82) is 0 Å². The average Bonchev–Trinajstić information content (AvgIpc) is 2.28. The number of pyridine rings is 1. The Kier molecular flexibility index (Phi) is 5.10. The van der Waals surface area contributed by atoms with Gasteiger partial charge in [-0.25, -0.2) is 4.39 Å². The maximum absolute atomic E-state index is 12.2. The fourth-order valence-electron chi connectivity index (χ4n) is 0.792. The Balaban J connectivity index is 0.000000165. The molecule has 2 heterocycles. The summed E-state index contributed by atoms with van der Waals surface area (Å²) in [5.41, 5.74) is 5.93. The summed E-state index contributed by atoms with van der Waals surface area (Å²) in [6.07, 6.45) is 3.42.